The lowest BCUT2D eigenvalue weighted by Gasteiger charge is -2.27. The summed E-state index contributed by atoms with van der Waals surface area (Å²) in [5.74, 6) is -3.10. The Bertz CT molecular complexity index is 1910. The molecule has 0 fully saturated rings. The van der Waals surface area contributed by atoms with E-state index in [1.54, 1.807) is 24.3 Å². The topological polar surface area (TPSA) is 94.7 Å². The van der Waals surface area contributed by atoms with Crippen molar-refractivity contribution in [2.75, 3.05) is 25.6 Å². The van der Waals surface area contributed by atoms with Gasteiger partial charge in [0.05, 0.1) is 20.1 Å². The second-order valence-electron chi connectivity index (χ2n) is 11.5. The minimum absolute atomic E-state index is 0.00654. The van der Waals surface area contributed by atoms with Crippen LogP contribution in [0.1, 0.15) is 22.4 Å². The Hall–Kier alpha value is -5.58. The normalized spacial score (nSPS) is 11.6. The van der Waals surface area contributed by atoms with Gasteiger partial charge in [0.25, 0.3) is 0 Å². The number of anilines is 1. The second-order valence-corrected chi connectivity index (χ2v) is 11.5. The number of aryl methyl sites for hydroxylation is 1. The van der Waals surface area contributed by atoms with E-state index in [9.17, 15) is 27.6 Å². The van der Waals surface area contributed by atoms with Crippen molar-refractivity contribution in [3.8, 4) is 5.75 Å². The van der Waals surface area contributed by atoms with E-state index in [2.05, 4.69) is 10.3 Å². The monoisotopic (exact) mass is 656 g/mol. The maximum atomic E-state index is 14.1. The third-order valence-electron chi connectivity index (χ3n) is 8.11. The first-order valence-corrected chi connectivity index (χ1v) is 15.2. The van der Waals surface area contributed by atoms with E-state index in [0.29, 0.717) is 17.0 Å². The van der Waals surface area contributed by atoms with Crippen LogP contribution in [0.4, 0.5) is 18.9 Å². The van der Waals surface area contributed by atoms with Gasteiger partial charge in [0.2, 0.25) is 17.7 Å². The van der Waals surface area contributed by atoms with E-state index in [1.165, 1.54) is 48.2 Å². The minimum Gasteiger partial charge on any atom is -0.497 e. The molecule has 0 spiro atoms. The first kappa shape index (κ1) is 33.8. The lowest BCUT2D eigenvalue weighted by Crippen LogP contribution is -2.51. The fourth-order valence-electron chi connectivity index (χ4n) is 5.61. The number of nitrogens with one attached hydrogen (secondary N) is 2. The Morgan fingerprint density at radius 3 is 2.19 bits per heavy atom. The fourth-order valence-corrected chi connectivity index (χ4v) is 5.61. The molecule has 1 unspecified atom stereocenters. The lowest BCUT2D eigenvalue weighted by atomic mass is 10.0. The van der Waals surface area contributed by atoms with Gasteiger partial charge in [-0.15, -0.1) is 0 Å². The maximum Gasteiger partial charge on any atom is 0.249 e. The lowest BCUT2D eigenvalue weighted by molar-refractivity contribution is -0.136. The zero-order chi connectivity index (χ0) is 34.4. The number of ether oxygens (including phenoxy) is 1. The van der Waals surface area contributed by atoms with Gasteiger partial charge < -0.3 is 24.8 Å². The summed E-state index contributed by atoms with van der Waals surface area (Å²) in [5, 5.41) is 3.58. The molecule has 248 valence electrons. The number of methoxy groups -OCH3 is 1. The van der Waals surface area contributed by atoms with Crippen molar-refractivity contribution in [3.63, 3.8) is 0 Å². The number of para-hydroxylation sites is 1. The molecule has 3 amide bonds. The van der Waals surface area contributed by atoms with Crippen LogP contribution in [0, 0.1) is 24.4 Å². The van der Waals surface area contributed by atoms with Crippen molar-refractivity contribution < 1.29 is 32.3 Å². The largest absolute Gasteiger partial charge is 0.497 e. The standard InChI is InChI=1S/C37H35F3N4O4/c1-23-32(31-6-4-5-7-33(31)41-23)20-36(46)44(21-24-8-10-26(38)11-9-24)22-35(45)42-34(18-25-16-27(39)19-28(40)17-25)37(47)43(2)29-12-14-30(48-3)15-13-29/h4-17,19,34,41H,18,20-22H2,1-3H3,(H,42,45). The number of carbonyl (C=O) groups is 3. The molecule has 0 aliphatic carbocycles. The number of amides is 3. The molecule has 8 nitrogen and oxygen atoms in total. The summed E-state index contributed by atoms with van der Waals surface area (Å²) in [4.78, 5) is 47.2. The number of aromatic nitrogens is 1. The van der Waals surface area contributed by atoms with Crippen LogP contribution >= 0.6 is 0 Å². The number of hydrogen-bond acceptors (Lipinski definition) is 4. The van der Waals surface area contributed by atoms with E-state index in [4.69, 9.17) is 4.74 Å². The Morgan fingerprint density at radius 1 is 0.854 bits per heavy atom. The summed E-state index contributed by atoms with van der Waals surface area (Å²) in [6.45, 7) is 1.42. The zero-order valence-corrected chi connectivity index (χ0v) is 26.7. The molecule has 48 heavy (non-hydrogen) atoms. The van der Waals surface area contributed by atoms with E-state index >= 15 is 0 Å². The summed E-state index contributed by atoms with van der Waals surface area (Å²) >= 11 is 0. The van der Waals surface area contributed by atoms with E-state index in [-0.39, 0.29) is 30.9 Å². The van der Waals surface area contributed by atoms with Gasteiger partial charge in [0.15, 0.2) is 0 Å². The quantitative estimate of drug-likeness (QED) is 0.176. The van der Waals surface area contributed by atoms with Crippen molar-refractivity contribution in [3.05, 3.63) is 131 Å². The third kappa shape index (κ3) is 8.22. The van der Waals surface area contributed by atoms with Crippen LogP contribution in [0.5, 0.6) is 5.75 Å². The highest BCUT2D eigenvalue weighted by molar-refractivity contribution is 5.99. The molecule has 0 aliphatic heterocycles. The Kier molecular flexibility index (Phi) is 10.5. The predicted molar refractivity (Wildman–Crippen MR) is 177 cm³/mol. The molecular weight excluding hydrogens is 621 g/mol. The molecule has 0 bridgehead atoms. The van der Waals surface area contributed by atoms with Gasteiger partial charge in [-0.25, -0.2) is 13.2 Å². The van der Waals surface area contributed by atoms with Crippen LogP contribution in [0.25, 0.3) is 10.9 Å². The molecule has 11 heteroatoms. The number of halogens is 3. The van der Waals surface area contributed by atoms with Crippen LogP contribution < -0.4 is 15.0 Å². The van der Waals surface area contributed by atoms with Crippen molar-refractivity contribution in [2.24, 2.45) is 0 Å². The Morgan fingerprint density at radius 2 is 1.52 bits per heavy atom. The molecule has 2 N–H and O–H groups in total. The van der Waals surface area contributed by atoms with Gasteiger partial charge in [0, 0.05) is 48.4 Å². The average Bonchev–Trinajstić information content (AvgIpc) is 3.38. The number of H-pyrrole nitrogens is 1. The number of likely N-dealkylation sites (N-methyl/N-ethyl adjacent to an activating group) is 1. The molecule has 0 saturated heterocycles. The van der Waals surface area contributed by atoms with Crippen molar-refractivity contribution in [2.45, 2.75) is 32.4 Å². The second kappa shape index (κ2) is 14.9. The van der Waals surface area contributed by atoms with E-state index in [1.807, 2.05) is 31.2 Å². The maximum absolute atomic E-state index is 14.1. The minimum atomic E-state index is -1.25. The molecule has 1 heterocycles. The van der Waals surface area contributed by atoms with Crippen LogP contribution in [0.2, 0.25) is 0 Å². The fraction of sp³-hybridized carbons (Fsp3) is 0.216. The smallest absolute Gasteiger partial charge is 0.249 e. The highest BCUT2D eigenvalue weighted by atomic mass is 19.1. The number of benzene rings is 4. The highest BCUT2D eigenvalue weighted by Gasteiger charge is 2.28. The SMILES string of the molecule is COc1ccc(N(C)C(=O)C(Cc2cc(F)cc(F)c2)NC(=O)CN(Cc2ccc(F)cc2)C(=O)Cc2c(C)[nH]c3ccccc23)cc1. The van der Waals surface area contributed by atoms with Crippen molar-refractivity contribution in [1.82, 2.24) is 15.2 Å². The number of hydrogen-bond donors (Lipinski definition) is 2. The van der Waals surface area contributed by atoms with Gasteiger partial charge in [-0.1, -0.05) is 30.3 Å². The molecule has 0 saturated carbocycles. The molecule has 1 atom stereocenters. The van der Waals surface area contributed by atoms with Crippen LogP contribution in [-0.4, -0.2) is 54.3 Å². The average molecular weight is 657 g/mol. The summed E-state index contributed by atoms with van der Waals surface area (Å²) in [6.07, 6.45) is -0.240. The van der Waals surface area contributed by atoms with E-state index < -0.39 is 41.9 Å². The first-order chi connectivity index (χ1) is 23.0. The van der Waals surface area contributed by atoms with Gasteiger partial charge in [-0.3, -0.25) is 14.4 Å². The molecule has 5 aromatic rings. The Balaban J connectivity index is 1.40. The molecule has 0 radical (unpaired) electrons. The summed E-state index contributed by atoms with van der Waals surface area (Å²) in [6, 6.07) is 21.5. The van der Waals surface area contributed by atoms with Gasteiger partial charge >= 0.3 is 0 Å². The Labute approximate surface area is 276 Å². The molecule has 0 aliphatic rings. The van der Waals surface area contributed by atoms with Gasteiger partial charge in [-0.2, -0.15) is 0 Å². The van der Waals surface area contributed by atoms with Crippen LogP contribution in [0.15, 0.2) is 91.0 Å². The van der Waals surface area contributed by atoms with Crippen LogP contribution in [-0.2, 0) is 33.8 Å². The number of fused-ring (bicyclic) bond motifs is 1. The van der Waals surface area contributed by atoms with Crippen LogP contribution in [0.3, 0.4) is 0 Å². The molecule has 4 aromatic carbocycles. The number of aromatic amines is 1. The first-order valence-electron chi connectivity index (χ1n) is 15.2. The van der Waals surface area contributed by atoms with Gasteiger partial charge in [0.1, 0.15) is 29.2 Å². The number of nitrogens with zero attached hydrogens (tertiary/aromatic N) is 2. The molecule has 1 aromatic heterocycles. The van der Waals surface area contributed by atoms with E-state index in [0.717, 1.165) is 40.4 Å². The zero-order valence-electron chi connectivity index (χ0n) is 26.7. The summed E-state index contributed by atoms with van der Waals surface area (Å²) in [5.41, 5.74) is 3.70. The number of carbonyl (C=O) groups excluding carboxylic acids is 3. The van der Waals surface area contributed by atoms with Crippen molar-refractivity contribution in [1.29, 1.82) is 0 Å². The summed E-state index contributed by atoms with van der Waals surface area (Å²) < 4.78 is 47.1. The third-order valence-corrected chi connectivity index (χ3v) is 8.11. The van der Waals surface area contributed by atoms with Gasteiger partial charge in [-0.05, 0) is 78.2 Å². The molecular formula is C37H35F3N4O4. The summed E-state index contributed by atoms with van der Waals surface area (Å²) in [7, 11) is 3.03. The number of rotatable bonds is 12. The van der Waals surface area contributed by atoms with Crippen molar-refractivity contribution >= 4 is 34.3 Å². The highest BCUT2D eigenvalue weighted by Crippen LogP contribution is 2.24. The predicted octanol–water partition coefficient (Wildman–Crippen LogP) is 5.86. The molecule has 5 rings (SSSR count).